The predicted octanol–water partition coefficient (Wildman–Crippen LogP) is 2.11. The van der Waals surface area contributed by atoms with Crippen LogP contribution in [0.15, 0.2) is 0 Å². The molecule has 1 aliphatic rings. The van der Waals surface area contributed by atoms with Gasteiger partial charge < -0.3 is 10.2 Å². The fourth-order valence-corrected chi connectivity index (χ4v) is 2.30. The predicted molar refractivity (Wildman–Crippen MR) is 62.6 cm³/mol. The largest absolute Gasteiger partial charge is 0.320 e. The molecular weight excluding hydrogens is 172 g/mol. The summed E-state index contributed by atoms with van der Waals surface area (Å²) in [5.41, 5.74) is 0. The zero-order chi connectivity index (χ0) is 10.2. The van der Waals surface area contributed by atoms with E-state index in [2.05, 4.69) is 17.1 Å². The van der Waals surface area contributed by atoms with Crippen LogP contribution in [0.3, 0.4) is 0 Å². The maximum absolute atomic E-state index is 3.20. The number of likely N-dealkylation sites (tertiary alicyclic amines) is 1. The summed E-state index contributed by atoms with van der Waals surface area (Å²) in [6.45, 7) is 7.57. The van der Waals surface area contributed by atoms with Crippen LogP contribution in [0.1, 0.15) is 39.0 Å². The summed E-state index contributed by atoms with van der Waals surface area (Å²) in [6.07, 6.45) is 6.95. The number of hydrogen-bond donors (Lipinski definition) is 1. The molecule has 0 aliphatic carbocycles. The van der Waals surface area contributed by atoms with Crippen molar-refractivity contribution in [2.75, 3.05) is 33.2 Å². The molecule has 1 heterocycles. The average molecular weight is 198 g/mol. The molecule has 0 amide bonds. The molecule has 0 bridgehead atoms. The van der Waals surface area contributed by atoms with Crippen molar-refractivity contribution in [2.24, 2.45) is 5.92 Å². The Morgan fingerprint density at radius 3 is 2.86 bits per heavy atom. The van der Waals surface area contributed by atoms with Gasteiger partial charge in [-0.2, -0.15) is 0 Å². The summed E-state index contributed by atoms with van der Waals surface area (Å²) in [6, 6.07) is 0. The van der Waals surface area contributed by atoms with E-state index < -0.39 is 0 Å². The second-order valence-corrected chi connectivity index (χ2v) is 4.71. The molecule has 1 aliphatic heterocycles. The smallest absolute Gasteiger partial charge is 0.000703 e. The van der Waals surface area contributed by atoms with E-state index in [4.69, 9.17) is 0 Å². The van der Waals surface area contributed by atoms with E-state index in [-0.39, 0.29) is 0 Å². The van der Waals surface area contributed by atoms with E-state index in [0.717, 1.165) is 5.92 Å². The lowest BCUT2D eigenvalue weighted by atomic mass is 10.00. The first-order valence-electron chi connectivity index (χ1n) is 6.20. The molecule has 2 heteroatoms. The first kappa shape index (κ1) is 12.0. The Bertz CT molecular complexity index is 136. The first-order chi connectivity index (χ1) is 6.83. The van der Waals surface area contributed by atoms with Crippen LogP contribution < -0.4 is 5.32 Å². The molecule has 0 saturated carbocycles. The third kappa shape index (κ3) is 4.97. The third-order valence-corrected chi connectivity index (χ3v) is 3.14. The SMILES string of the molecule is CNCCCCCN1CCCC(C)C1. The van der Waals surface area contributed by atoms with Crippen LogP contribution in [0.4, 0.5) is 0 Å². The van der Waals surface area contributed by atoms with Crippen LogP contribution in [-0.4, -0.2) is 38.1 Å². The number of unbranched alkanes of at least 4 members (excludes halogenated alkanes) is 2. The highest BCUT2D eigenvalue weighted by atomic mass is 15.1. The Balaban J connectivity index is 1.95. The molecule has 1 N–H and O–H groups in total. The summed E-state index contributed by atoms with van der Waals surface area (Å²) in [5.74, 6) is 0.932. The summed E-state index contributed by atoms with van der Waals surface area (Å²) < 4.78 is 0. The fraction of sp³-hybridized carbons (Fsp3) is 1.00. The number of nitrogens with zero attached hydrogens (tertiary/aromatic N) is 1. The van der Waals surface area contributed by atoms with Crippen molar-refractivity contribution in [3.05, 3.63) is 0 Å². The van der Waals surface area contributed by atoms with E-state index in [1.165, 1.54) is 58.3 Å². The Kier molecular flexibility index (Phi) is 6.20. The highest BCUT2D eigenvalue weighted by Crippen LogP contribution is 2.15. The lowest BCUT2D eigenvalue weighted by molar-refractivity contribution is 0.181. The van der Waals surface area contributed by atoms with Crippen molar-refractivity contribution in [3.8, 4) is 0 Å². The van der Waals surface area contributed by atoms with Gasteiger partial charge in [0.25, 0.3) is 0 Å². The highest BCUT2D eigenvalue weighted by Gasteiger charge is 2.14. The molecule has 0 spiro atoms. The standard InChI is InChI=1S/C12H26N2/c1-12-7-6-10-14(11-12)9-5-3-4-8-13-2/h12-13H,3-11H2,1-2H3. The molecule has 0 aromatic carbocycles. The molecular formula is C12H26N2. The molecule has 14 heavy (non-hydrogen) atoms. The third-order valence-electron chi connectivity index (χ3n) is 3.14. The lowest BCUT2D eigenvalue weighted by Gasteiger charge is -2.30. The maximum atomic E-state index is 3.20. The topological polar surface area (TPSA) is 15.3 Å². The van der Waals surface area contributed by atoms with Gasteiger partial charge in [-0.1, -0.05) is 13.3 Å². The van der Waals surface area contributed by atoms with E-state index in [1.807, 2.05) is 7.05 Å². The van der Waals surface area contributed by atoms with E-state index in [1.54, 1.807) is 0 Å². The van der Waals surface area contributed by atoms with Crippen LogP contribution in [0.5, 0.6) is 0 Å². The minimum absolute atomic E-state index is 0.932. The summed E-state index contributed by atoms with van der Waals surface area (Å²) >= 11 is 0. The zero-order valence-electron chi connectivity index (χ0n) is 9.89. The van der Waals surface area contributed by atoms with Crippen LogP contribution in [0.25, 0.3) is 0 Å². The summed E-state index contributed by atoms with van der Waals surface area (Å²) in [7, 11) is 2.03. The molecule has 84 valence electrons. The Labute approximate surface area is 89.1 Å². The van der Waals surface area contributed by atoms with Crippen LogP contribution in [0.2, 0.25) is 0 Å². The van der Waals surface area contributed by atoms with Crippen molar-refractivity contribution >= 4 is 0 Å². The normalized spacial score (nSPS) is 24.0. The Hall–Kier alpha value is -0.0800. The Morgan fingerprint density at radius 2 is 2.14 bits per heavy atom. The number of hydrogen-bond acceptors (Lipinski definition) is 2. The molecule has 1 atom stereocenters. The van der Waals surface area contributed by atoms with Crippen molar-refractivity contribution in [2.45, 2.75) is 39.0 Å². The highest BCUT2D eigenvalue weighted by molar-refractivity contribution is 4.69. The average Bonchev–Trinajstić information content (AvgIpc) is 2.18. The minimum Gasteiger partial charge on any atom is -0.320 e. The summed E-state index contributed by atoms with van der Waals surface area (Å²) in [5, 5.41) is 3.20. The lowest BCUT2D eigenvalue weighted by Crippen LogP contribution is -2.34. The zero-order valence-corrected chi connectivity index (χ0v) is 9.89. The summed E-state index contributed by atoms with van der Waals surface area (Å²) in [4.78, 5) is 2.65. The van der Waals surface area contributed by atoms with Gasteiger partial charge in [0.2, 0.25) is 0 Å². The molecule has 1 fully saturated rings. The van der Waals surface area contributed by atoms with Gasteiger partial charge in [0.1, 0.15) is 0 Å². The quantitative estimate of drug-likeness (QED) is 0.658. The van der Waals surface area contributed by atoms with Crippen LogP contribution >= 0.6 is 0 Å². The van der Waals surface area contributed by atoms with E-state index in [9.17, 15) is 0 Å². The number of rotatable bonds is 6. The molecule has 1 unspecified atom stereocenters. The maximum Gasteiger partial charge on any atom is 0.000703 e. The molecule has 0 radical (unpaired) electrons. The van der Waals surface area contributed by atoms with Crippen molar-refractivity contribution in [1.82, 2.24) is 10.2 Å². The molecule has 2 nitrogen and oxygen atoms in total. The van der Waals surface area contributed by atoms with Gasteiger partial charge in [-0.25, -0.2) is 0 Å². The second-order valence-electron chi connectivity index (χ2n) is 4.71. The van der Waals surface area contributed by atoms with E-state index >= 15 is 0 Å². The van der Waals surface area contributed by atoms with Gasteiger partial charge >= 0.3 is 0 Å². The first-order valence-corrected chi connectivity index (χ1v) is 6.20. The molecule has 0 aromatic heterocycles. The van der Waals surface area contributed by atoms with Gasteiger partial charge in [0, 0.05) is 6.54 Å². The van der Waals surface area contributed by atoms with E-state index in [0.29, 0.717) is 0 Å². The number of piperidine rings is 1. The monoisotopic (exact) mass is 198 g/mol. The molecule has 1 saturated heterocycles. The number of nitrogens with one attached hydrogen (secondary N) is 1. The van der Waals surface area contributed by atoms with Gasteiger partial charge in [-0.3, -0.25) is 0 Å². The minimum atomic E-state index is 0.932. The van der Waals surface area contributed by atoms with Gasteiger partial charge in [0.15, 0.2) is 0 Å². The second kappa shape index (κ2) is 7.24. The van der Waals surface area contributed by atoms with Crippen LogP contribution in [0, 0.1) is 5.92 Å². The van der Waals surface area contributed by atoms with Crippen LogP contribution in [-0.2, 0) is 0 Å². The molecule has 1 rings (SSSR count). The van der Waals surface area contributed by atoms with Crippen molar-refractivity contribution in [1.29, 1.82) is 0 Å². The van der Waals surface area contributed by atoms with Gasteiger partial charge in [0.05, 0.1) is 0 Å². The Morgan fingerprint density at radius 1 is 1.29 bits per heavy atom. The van der Waals surface area contributed by atoms with Crippen molar-refractivity contribution < 1.29 is 0 Å². The van der Waals surface area contributed by atoms with Crippen molar-refractivity contribution in [3.63, 3.8) is 0 Å². The van der Waals surface area contributed by atoms with Gasteiger partial charge in [-0.05, 0) is 58.3 Å². The molecule has 0 aromatic rings. The fourth-order valence-electron chi connectivity index (χ4n) is 2.30. The van der Waals surface area contributed by atoms with Gasteiger partial charge in [-0.15, -0.1) is 0 Å².